The molecule has 1 heterocycles. The van der Waals surface area contributed by atoms with Gasteiger partial charge >= 0.3 is 0 Å². The lowest BCUT2D eigenvalue weighted by molar-refractivity contribution is 0.0657. The Morgan fingerprint density at radius 1 is 1.00 bits per heavy atom. The molecule has 1 atom stereocenters. The highest BCUT2D eigenvalue weighted by atomic mass is 16.5. The van der Waals surface area contributed by atoms with Gasteiger partial charge in [-0.15, -0.1) is 0 Å². The van der Waals surface area contributed by atoms with Gasteiger partial charge in [-0.1, -0.05) is 26.7 Å². The number of unbranched alkanes of at least 4 members (excludes halogenated alkanes) is 2. The number of Topliss-reactive ketones (excluding diaryl/α,β-unsaturated/α-hetero) is 2. The van der Waals surface area contributed by atoms with Gasteiger partial charge in [0.25, 0.3) is 0 Å². The molecule has 0 N–H and O–H groups in total. The minimum absolute atomic E-state index is 0.0849. The van der Waals surface area contributed by atoms with E-state index in [1.807, 2.05) is 0 Å². The third kappa shape index (κ3) is 3.90. The summed E-state index contributed by atoms with van der Waals surface area (Å²) in [5, 5.41) is 0. The van der Waals surface area contributed by atoms with Gasteiger partial charge in [0.05, 0.1) is 6.61 Å². The van der Waals surface area contributed by atoms with Crippen molar-refractivity contribution in [1.29, 1.82) is 0 Å². The molecular weight excluding hydrogens is 326 g/mol. The summed E-state index contributed by atoms with van der Waals surface area (Å²) >= 11 is 0. The molecule has 0 aromatic carbocycles. The van der Waals surface area contributed by atoms with Crippen LogP contribution in [0.25, 0.3) is 0 Å². The molecule has 0 saturated heterocycles. The van der Waals surface area contributed by atoms with Crippen molar-refractivity contribution in [1.82, 2.24) is 4.98 Å². The van der Waals surface area contributed by atoms with Crippen LogP contribution in [0.15, 0.2) is 0 Å². The van der Waals surface area contributed by atoms with E-state index in [4.69, 9.17) is 4.74 Å². The highest BCUT2D eigenvalue weighted by Gasteiger charge is 2.34. The van der Waals surface area contributed by atoms with E-state index in [-0.39, 0.29) is 17.5 Å². The molecule has 2 aliphatic rings. The van der Waals surface area contributed by atoms with Gasteiger partial charge in [-0.3, -0.25) is 9.59 Å². The van der Waals surface area contributed by atoms with Crippen molar-refractivity contribution in [3.8, 4) is 0 Å². The largest absolute Gasteiger partial charge is 0.381 e. The van der Waals surface area contributed by atoms with Crippen LogP contribution in [-0.4, -0.2) is 29.8 Å². The van der Waals surface area contributed by atoms with E-state index in [9.17, 15) is 9.59 Å². The van der Waals surface area contributed by atoms with Gasteiger partial charge in [0, 0.05) is 18.9 Å². The Labute approximate surface area is 156 Å². The molecule has 142 valence electrons. The van der Waals surface area contributed by atoms with Gasteiger partial charge in [0.1, 0.15) is 11.4 Å². The molecule has 26 heavy (non-hydrogen) atoms. The molecule has 0 radical (unpaired) electrons. The van der Waals surface area contributed by atoms with Crippen molar-refractivity contribution < 1.29 is 14.3 Å². The number of carbonyl (C=O) groups excluding carboxylic acids is 2. The lowest BCUT2D eigenvalue weighted by Crippen LogP contribution is -2.31. The number of aromatic nitrogens is 1. The Kier molecular flexibility index (Phi) is 6.58. The van der Waals surface area contributed by atoms with Crippen LogP contribution in [0.5, 0.6) is 0 Å². The summed E-state index contributed by atoms with van der Waals surface area (Å²) in [4.78, 5) is 30.1. The summed E-state index contributed by atoms with van der Waals surface area (Å²) in [5.41, 5.74) is 4.68. The fourth-order valence-corrected chi connectivity index (χ4v) is 4.16. The maximum Gasteiger partial charge on any atom is 0.186 e. The molecule has 4 nitrogen and oxygen atoms in total. The number of fused-ring (bicyclic) bond motifs is 2. The molecule has 1 aromatic rings. The predicted octanol–water partition coefficient (Wildman–Crippen LogP) is 4.51. The molecule has 4 heteroatoms. The number of ketones is 2. The molecule has 0 amide bonds. The molecule has 3 rings (SSSR count). The number of hydrogen-bond donors (Lipinski definition) is 0. The van der Waals surface area contributed by atoms with Crippen molar-refractivity contribution in [3.05, 3.63) is 28.1 Å². The first-order valence-electron chi connectivity index (χ1n) is 10.4. The number of carbonyl (C=O) groups is 2. The minimum atomic E-state index is -0.109. The third-order valence-corrected chi connectivity index (χ3v) is 5.71. The van der Waals surface area contributed by atoms with Crippen molar-refractivity contribution in [2.75, 3.05) is 13.2 Å². The van der Waals surface area contributed by atoms with Crippen molar-refractivity contribution in [3.63, 3.8) is 0 Å². The second-order valence-corrected chi connectivity index (χ2v) is 7.65. The fourth-order valence-electron chi connectivity index (χ4n) is 4.16. The van der Waals surface area contributed by atoms with Gasteiger partial charge in [0.2, 0.25) is 0 Å². The number of hydrogen-bond acceptors (Lipinski definition) is 4. The number of ether oxygens (including phenoxy) is 1. The summed E-state index contributed by atoms with van der Waals surface area (Å²) in [6, 6.07) is 0. The van der Waals surface area contributed by atoms with Crippen LogP contribution in [0.1, 0.15) is 96.5 Å². The standard InChI is InChI=1S/C22H31NO3/c1-3-5-8-16-17-9-7-10-19(24)20(17)23-21-18(16)12-11-15(22(21)25)14-26-13-6-4-2/h15H,3-14H2,1-2H3. The minimum Gasteiger partial charge on any atom is -0.381 e. The highest BCUT2D eigenvalue weighted by Crippen LogP contribution is 2.34. The van der Waals surface area contributed by atoms with Gasteiger partial charge in [-0.05, 0) is 61.6 Å². The predicted molar refractivity (Wildman–Crippen MR) is 102 cm³/mol. The number of nitrogens with zero attached hydrogens (tertiary/aromatic N) is 1. The molecule has 0 aliphatic heterocycles. The van der Waals surface area contributed by atoms with Gasteiger partial charge in [0.15, 0.2) is 11.6 Å². The summed E-state index contributed by atoms with van der Waals surface area (Å²) in [5.74, 6) is 0.0882. The van der Waals surface area contributed by atoms with E-state index in [0.717, 1.165) is 68.9 Å². The van der Waals surface area contributed by atoms with Crippen LogP contribution in [0, 0.1) is 5.92 Å². The Bertz CT molecular complexity index is 680. The molecular formula is C22H31NO3. The van der Waals surface area contributed by atoms with Gasteiger partial charge in [-0.2, -0.15) is 0 Å². The summed E-state index contributed by atoms with van der Waals surface area (Å²) in [7, 11) is 0. The van der Waals surface area contributed by atoms with Crippen LogP contribution in [0.2, 0.25) is 0 Å². The third-order valence-electron chi connectivity index (χ3n) is 5.71. The first-order valence-corrected chi connectivity index (χ1v) is 10.4. The second-order valence-electron chi connectivity index (χ2n) is 7.65. The molecule has 1 aromatic heterocycles. The smallest absolute Gasteiger partial charge is 0.186 e. The Balaban J connectivity index is 1.90. The monoisotopic (exact) mass is 357 g/mol. The molecule has 0 spiro atoms. The molecule has 0 fully saturated rings. The first-order chi connectivity index (χ1) is 12.7. The SMILES string of the molecule is CCCCOCC1CCc2c(nc3c(c2CCCC)CCCC3=O)C1=O. The van der Waals surface area contributed by atoms with Crippen LogP contribution < -0.4 is 0 Å². The second kappa shape index (κ2) is 8.90. The normalized spacial score (nSPS) is 19.4. The van der Waals surface area contributed by atoms with E-state index >= 15 is 0 Å². The zero-order valence-corrected chi connectivity index (χ0v) is 16.2. The summed E-state index contributed by atoms with van der Waals surface area (Å²) in [6.45, 7) is 5.51. The maximum atomic E-state index is 13.0. The van der Waals surface area contributed by atoms with Crippen LogP contribution in [-0.2, 0) is 24.0 Å². The Hall–Kier alpha value is -1.55. The van der Waals surface area contributed by atoms with Crippen LogP contribution >= 0.6 is 0 Å². The quantitative estimate of drug-likeness (QED) is 0.643. The zero-order valence-electron chi connectivity index (χ0n) is 16.2. The molecule has 2 aliphatic carbocycles. The van der Waals surface area contributed by atoms with Crippen molar-refractivity contribution in [2.24, 2.45) is 5.92 Å². The van der Waals surface area contributed by atoms with Gasteiger partial charge < -0.3 is 4.74 Å². The molecule has 0 bridgehead atoms. The topological polar surface area (TPSA) is 56.3 Å². The van der Waals surface area contributed by atoms with E-state index in [1.165, 1.54) is 5.56 Å². The summed E-state index contributed by atoms with van der Waals surface area (Å²) in [6.07, 6.45) is 9.41. The van der Waals surface area contributed by atoms with Crippen LogP contribution in [0.4, 0.5) is 0 Å². The zero-order chi connectivity index (χ0) is 18.5. The fraction of sp³-hybridized carbons (Fsp3) is 0.682. The van der Waals surface area contributed by atoms with Crippen molar-refractivity contribution >= 4 is 11.6 Å². The highest BCUT2D eigenvalue weighted by molar-refractivity contribution is 6.02. The van der Waals surface area contributed by atoms with E-state index < -0.39 is 0 Å². The average Bonchev–Trinajstić information content (AvgIpc) is 2.65. The Morgan fingerprint density at radius 2 is 1.77 bits per heavy atom. The lowest BCUT2D eigenvalue weighted by Gasteiger charge is -2.28. The van der Waals surface area contributed by atoms with Crippen molar-refractivity contribution in [2.45, 2.75) is 78.1 Å². The number of pyridine rings is 1. The van der Waals surface area contributed by atoms with Gasteiger partial charge in [-0.25, -0.2) is 4.98 Å². The lowest BCUT2D eigenvalue weighted by atomic mass is 9.79. The molecule has 1 unspecified atom stereocenters. The van der Waals surface area contributed by atoms with E-state index in [2.05, 4.69) is 18.8 Å². The maximum absolute atomic E-state index is 13.0. The molecule has 0 saturated carbocycles. The summed E-state index contributed by atoms with van der Waals surface area (Å²) < 4.78 is 5.71. The number of rotatable bonds is 8. The first kappa shape index (κ1) is 19.2. The Morgan fingerprint density at radius 3 is 2.54 bits per heavy atom. The average molecular weight is 357 g/mol. The van der Waals surface area contributed by atoms with Crippen LogP contribution in [0.3, 0.4) is 0 Å². The van der Waals surface area contributed by atoms with E-state index in [1.54, 1.807) is 0 Å². The van der Waals surface area contributed by atoms with E-state index in [0.29, 0.717) is 31.0 Å².